The van der Waals surface area contributed by atoms with Crippen molar-refractivity contribution in [3.8, 4) is 5.75 Å². The Morgan fingerprint density at radius 3 is 2.22 bits per heavy atom. The number of carbonyl (C=O) groups excluding carboxylic acids is 1. The molecule has 146 valence electrons. The normalized spacial score (nSPS) is 37.6. The highest BCUT2D eigenvalue weighted by Crippen LogP contribution is 2.62. The van der Waals surface area contributed by atoms with Crippen LogP contribution in [0.5, 0.6) is 5.75 Å². The van der Waals surface area contributed by atoms with Crippen LogP contribution >= 0.6 is 0 Å². The summed E-state index contributed by atoms with van der Waals surface area (Å²) in [7, 11) is 1.68. The number of hydrogen-bond donors (Lipinski definition) is 1. The number of carbonyl (C=O) groups is 1. The van der Waals surface area contributed by atoms with E-state index >= 15 is 0 Å². The zero-order valence-corrected chi connectivity index (χ0v) is 16.2. The molecule has 2 unspecified atom stereocenters. The smallest absolute Gasteiger partial charge is 0.229 e. The number of methoxy groups -OCH3 is 1. The summed E-state index contributed by atoms with van der Waals surface area (Å²) in [6.07, 6.45) is 5.77. The van der Waals surface area contributed by atoms with Crippen molar-refractivity contribution in [1.29, 1.82) is 0 Å². The maximum atomic E-state index is 13.5. The summed E-state index contributed by atoms with van der Waals surface area (Å²) < 4.78 is 5.24. The quantitative estimate of drug-likeness (QED) is 0.889. The first-order chi connectivity index (χ1) is 13.0. The summed E-state index contributed by atoms with van der Waals surface area (Å²) in [5.41, 5.74) is 0.346. The minimum atomic E-state index is -0.565. The van der Waals surface area contributed by atoms with Gasteiger partial charge in [0.05, 0.1) is 18.1 Å². The Kier molecular flexibility index (Phi) is 3.94. The first-order valence-electron chi connectivity index (χ1n) is 10.4. The molecule has 4 bridgehead atoms. The lowest BCUT2D eigenvalue weighted by molar-refractivity contribution is -0.186. The van der Waals surface area contributed by atoms with E-state index in [-0.39, 0.29) is 5.41 Å². The Bertz CT molecular complexity index is 710. The molecule has 5 aliphatic rings. The van der Waals surface area contributed by atoms with Gasteiger partial charge in [0.2, 0.25) is 5.91 Å². The Hall–Kier alpha value is -1.75. The number of amides is 1. The van der Waals surface area contributed by atoms with Crippen molar-refractivity contribution in [2.24, 2.45) is 17.3 Å². The molecular weight excluding hydrogens is 340 g/mol. The largest absolute Gasteiger partial charge is 0.497 e. The molecule has 1 N–H and O–H groups in total. The van der Waals surface area contributed by atoms with Crippen molar-refractivity contribution in [3.05, 3.63) is 24.3 Å². The van der Waals surface area contributed by atoms with E-state index in [4.69, 9.17) is 4.74 Å². The Morgan fingerprint density at radius 1 is 1.04 bits per heavy atom. The average Bonchev–Trinajstić information content (AvgIpc) is 2.66. The predicted octanol–water partition coefficient (Wildman–Crippen LogP) is 2.68. The molecule has 1 aromatic rings. The Labute approximate surface area is 161 Å². The third-order valence-electron chi connectivity index (χ3n) is 7.49. The van der Waals surface area contributed by atoms with Gasteiger partial charge in [-0.05, 0) is 74.6 Å². The number of aliphatic hydroxyl groups is 1. The van der Waals surface area contributed by atoms with Crippen molar-refractivity contribution in [1.82, 2.24) is 4.90 Å². The highest BCUT2D eigenvalue weighted by Gasteiger charge is 2.60. The minimum absolute atomic E-state index is 0.277. The second-order valence-electron chi connectivity index (χ2n) is 9.44. The number of hydrogen-bond acceptors (Lipinski definition) is 4. The van der Waals surface area contributed by atoms with Gasteiger partial charge in [-0.1, -0.05) is 0 Å². The molecule has 1 saturated heterocycles. The standard InChI is InChI=1S/C22H30N2O3/c1-27-19-4-2-18(3-5-19)23-6-8-24(9-7-23)20(25)21-11-16-10-17(12-21)14-22(26,13-16)15-21/h2-5,16-17,26H,6-15H2,1H3/t16-,17+,21?,22?. The molecule has 1 amide bonds. The van der Waals surface area contributed by atoms with Crippen molar-refractivity contribution < 1.29 is 14.6 Å². The number of anilines is 1. The molecule has 0 radical (unpaired) electrons. The van der Waals surface area contributed by atoms with Crippen LogP contribution in [0.1, 0.15) is 38.5 Å². The second kappa shape index (κ2) is 6.13. The molecule has 1 heterocycles. The van der Waals surface area contributed by atoms with Crippen LogP contribution in [0.4, 0.5) is 5.69 Å². The summed E-state index contributed by atoms with van der Waals surface area (Å²) in [4.78, 5) is 17.9. The average molecular weight is 370 g/mol. The van der Waals surface area contributed by atoms with E-state index in [2.05, 4.69) is 21.9 Å². The van der Waals surface area contributed by atoms with Crippen LogP contribution in [0, 0.1) is 17.3 Å². The number of nitrogens with zero attached hydrogens (tertiary/aromatic N) is 2. The van der Waals surface area contributed by atoms with Crippen LogP contribution in [0.25, 0.3) is 0 Å². The molecule has 5 fully saturated rings. The number of rotatable bonds is 3. The molecule has 4 atom stereocenters. The van der Waals surface area contributed by atoms with E-state index in [1.807, 2.05) is 12.1 Å². The van der Waals surface area contributed by atoms with Gasteiger partial charge in [0.25, 0.3) is 0 Å². The Balaban J connectivity index is 1.26. The van der Waals surface area contributed by atoms with E-state index in [9.17, 15) is 9.90 Å². The molecule has 6 rings (SSSR count). The van der Waals surface area contributed by atoms with Crippen molar-refractivity contribution in [2.75, 3.05) is 38.2 Å². The maximum absolute atomic E-state index is 13.5. The third kappa shape index (κ3) is 2.91. The van der Waals surface area contributed by atoms with Gasteiger partial charge in [-0.2, -0.15) is 0 Å². The summed E-state index contributed by atoms with van der Waals surface area (Å²) in [5.74, 6) is 2.30. The Morgan fingerprint density at radius 2 is 1.67 bits per heavy atom. The second-order valence-corrected chi connectivity index (χ2v) is 9.44. The predicted molar refractivity (Wildman–Crippen MR) is 104 cm³/mol. The molecule has 27 heavy (non-hydrogen) atoms. The zero-order chi connectivity index (χ0) is 18.6. The molecule has 5 heteroatoms. The fourth-order valence-corrected chi connectivity index (χ4v) is 6.76. The fourth-order valence-electron chi connectivity index (χ4n) is 6.76. The van der Waals surface area contributed by atoms with Gasteiger partial charge in [-0.3, -0.25) is 4.79 Å². The first-order valence-corrected chi connectivity index (χ1v) is 10.4. The topological polar surface area (TPSA) is 53.0 Å². The highest BCUT2D eigenvalue weighted by atomic mass is 16.5. The van der Waals surface area contributed by atoms with Crippen LogP contribution in [-0.4, -0.2) is 54.8 Å². The molecular formula is C22H30N2O3. The van der Waals surface area contributed by atoms with Gasteiger partial charge in [0.15, 0.2) is 0 Å². The fraction of sp³-hybridized carbons (Fsp3) is 0.682. The van der Waals surface area contributed by atoms with E-state index in [1.54, 1.807) is 7.11 Å². The van der Waals surface area contributed by atoms with E-state index in [0.717, 1.165) is 57.6 Å². The maximum Gasteiger partial charge on any atom is 0.229 e. The van der Waals surface area contributed by atoms with E-state index in [0.29, 0.717) is 24.2 Å². The number of piperazine rings is 1. The van der Waals surface area contributed by atoms with Gasteiger partial charge in [-0.25, -0.2) is 0 Å². The van der Waals surface area contributed by atoms with Crippen LogP contribution in [0.3, 0.4) is 0 Å². The van der Waals surface area contributed by atoms with Crippen LogP contribution in [0.2, 0.25) is 0 Å². The van der Waals surface area contributed by atoms with Crippen molar-refractivity contribution in [2.45, 2.75) is 44.1 Å². The third-order valence-corrected chi connectivity index (χ3v) is 7.49. The highest BCUT2D eigenvalue weighted by molar-refractivity contribution is 5.84. The van der Waals surface area contributed by atoms with Gasteiger partial charge < -0.3 is 19.6 Å². The summed E-state index contributed by atoms with van der Waals surface area (Å²) in [6, 6.07) is 8.15. The number of ether oxygens (including phenoxy) is 1. The van der Waals surface area contributed by atoms with Crippen LogP contribution in [-0.2, 0) is 4.79 Å². The zero-order valence-electron chi connectivity index (χ0n) is 16.2. The first kappa shape index (κ1) is 17.4. The SMILES string of the molecule is COc1ccc(N2CCN(C(=O)C34C[C@@H]5C[C@@H](CC(O)(C5)C3)C4)CC2)cc1. The van der Waals surface area contributed by atoms with Crippen LogP contribution < -0.4 is 9.64 Å². The van der Waals surface area contributed by atoms with E-state index < -0.39 is 5.60 Å². The van der Waals surface area contributed by atoms with Gasteiger partial charge >= 0.3 is 0 Å². The lowest BCUT2D eigenvalue weighted by Gasteiger charge is -2.60. The molecule has 4 aliphatic carbocycles. The molecule has 1 aliphatic heterocycles. The van der Waals surface area contributed by atoms with Crippen molar-refractivity contribution in [3.63, 3.8) is 0 Å². The van der Waals surface area contributed by atoms with E-state index in [1.165, 1.54) is 12.1 Å². The molecule has 0 spiro atoms. The molecule has 1 aromatic carbocycles. The summed E-state index contributed by atoms with van der Waals surface area (Å²) >= 11 is 0. The van der Waals surface area contributed by atoms with Gasteiger partial charge in [0.1, 0.15) is 5.75 Å². The molecule has 5 nitrogen and oxygen atoms in total. The van der Waals surface area contributed by atoms with Gasteiger partial charge in [-0.15, -0.1) is 0 Å². The lowest BCUT2D eigenvalue weighted by atomic mass is 9.47. The summed E-state index contributed by atoms with van der Waals surface area (Å²) in [6.45, 7) is 3.29. The lowest BCUT2D eigenvalue weighted by Crippen LogP contribution is -2.62. The van der Waals surface area contributed by atoms with Crippen molar-refractivity contribution >= 4 is 11.6 Å². The minimum Gasteiger partial charge on any atom is -0.497 e. The molecule has 4 saturated carbocycles. The van der Waals surface area contributed by atoms with Crippen LogP contribution in [0.15, 0.2) is 24.3 Å². The monoisotopic (exact) mass is 370 g/mol. The summed E-state index contributed by atoms with van der Waals surface area (Å²) in [5, 5.41) is 11.0. The van der Waals surface area contributed by atoms with Gasteiger partial charge in [0, 0.05) is 31.9 Å². The molecule has 0 aromatic heterocycles. The number of benzene rings is 1.